The molecule has 0 fully saturated rings. The second kappa shape index (κ2) is 6.09. The van der Waals surface area contributed by atoms with Crippen LogP contribution in [0.4, 0.5) is 0 Å². The van der Waals surface area contributed by atoms with Gasteiger partial charge < -0.3 is 4.74 Å². The molecule has 19 heavy (non-hydrogen) atoms. The maximum atomic E-state index is 12.1. The number of rotatable bonds is 4. The predicted molar refractivity (Wildman–Crippen MR) is 77.5 cm³/mol. The van der Waals surface area contributed by atoms with Crippen LogP contribution >= 0.6 is 23.2 Å². The van der Waals surface area contributed by atoms with Crippen molar-refractivity contribution in [3.05, 3.63) is 63.6 Å². The van der Waals surface area contributed by atoms with E-state index in [1.54, 1.807) is 49.6 Å². The maximum Gasteiger partial charge on any atom is 0.167 e. The van der Waals surface area contributed by atoms with Crippen molar-refractivity contribution in [1.82, 2.24) is 0 Å². The molecule has 0 unspecified atom stereocenters. The lowest BCUT2D eigenvalue weighted by atomic mass is 10.0. The van der Waals surface area contributed by atoms with E-state index in [-0.39, 0.29) is 12.2 Å². The van der Waals surface area contributed by atoms with E-state index in [9.17, 15) is 4.79 Å². The van der Waals surface area contributed by atoms with Crippen LogP contribution < -0.4 is 4.74 Å². The van der Waals surface area contributed by atoms with Gasteiger partial charge in [0, 0.05) is 22.0 Å². The third-order valence-electron chi connectivity index (χ3n) is 2.78. The normalized spacial score (nSPS) is 10.3. The molecule has 0 heterocycles. The molecule has 0 saturated heterocycles. The van der Waals surface area contributed by atoms with Crippen molar-refractivity contribution >= 4 is 29.0 Å². The third-order valence-corrected chi connectivity index (χ3v) is 3.37. The molecule has 2 rings (SSSR count). The molecule has 2 aromatic carbocycles. The van der Waals surface area contributed by atoms with Gasteiger partial charge in [0.25, 0.3) is 0 Å². The standard InChI is InChI=1S/C15H12Cl2O2/c1-19-13-6-3-10(4-7-13)15(18)8-11-2-5-12(16)9-14(11)17/h2-7,9H,8H2,1H3. The summed E-state index contributed by atoms with van der Waals surface area (Å²) in [4.78, 5) is 12.1. The van der Waals surface area contributed by atoms with E-state index >= 15 is 0 Å². The first kappa shape index (κ1) is 13.9. The maximum absolute atomic E-state index is 12.1. The molecule has 2 nitrogen and oxygen atoms in total. The van der Waals surface area contributed by atoms with Gasteiger partial charge in [-0.15, -0.1) is 0 Å². The van der Waals surface area contributed by atoms with Crippen LogP contribution in [0.3, 0.4) is 0 Å². The molecule has 4 heteroatoms. The largest absolute Gasteiger partial charge is 0.497 e. The molecule has 0 aromatic heterocycles. The molecule has 0 aliphatic rings. The number of Topliss-reactive ketones (excluding diaryl/α,β-unsaturated/α-hetero) is 1. The predicted octanol–water partition coefficient (Wildman–Crippen LogP) is 4.43. The highest BCUT2D eigenvalue weighted by Crippen LogP contribution is 2.22. The van der Waals surface area contributed by atoms with Gasteiger partial charge in [0.2, 0.25) is 0 Å². The Kier molecular flexibility index (Phi) is 4.46. The van der Waals surface area contributed by atoms with Crippen molar-refractivity contribution < 1.29 is 9.53 Å². The number of methoxy groups -OCH3 is 1. The highest BCUT2D eigenvalue weighted by atomic mass is 35.5. The summed E-state index contributed by atoms with van der Waals surface area (Å²) in [5, 5.41) is 1.07. The number of carbonyl (C=O) groups excluding carboxylic acids is 1. The van der Waals surface area contributed by atoms with E-state index in [1.807, 2.05) is 0 Å². The fraction of sp³-hybridized carbons (Fsp3) is 0.133. The molecule has 0 aliphatic heterocycles. The number of ether oxygens (including phenoxy) is 1. The van der Waals surface area contributed by atoms with E-state index in [0.717, 1.165) is 11.3 Å². The minimum atomic E-state index is 0.00637. The summed E-state index contributed by atoms with van der Waals surface area (Å²) < 4.78 is 5.05. The van der Waals surface area contributed by atoms with Gasteiger partial charge in [-0.1, -0.05) is 29.3 Å². The molecule has 2 aromatic rings. The number of ketones is 1. The van der Waals surface area contributed by atoms with Crippen molar-refractivity contribution in [2.75, 3.05) is 7.11 Å². The Hall–Kier alpha value is -1.51. The smallest absolute Gasteiger partial charge is 0.167 e. The lowest BCUT2D eigenvalue weighted by Crippen LogP contribution is -2.04. The summed E-state index contributed by atoms with van der Waals surface area (Å²) in [6.07, 6.45) is 0.252. The lowest BCUT2D eigenvalue weighted by Gasteiger charge is -2.05. The van der Waals surface area contributed by atoms with Crippen LogP contribution in [0.25, 0.3) is 0 Å². The Balaban J connectivity index is 2.15. The summed E-state index contributed by atoms with van der Waals surface area (Å²) in [5.74, 6) is 0.730. The van der Waals surface area contributed by atoms with Gasteiger partial charge in [0.05, 0.1) is 7.11 Å². The lowest BCUT2D eigenvalue weighted by molar-refractivity contribution is 0.0993. The second-order valence-corrected chi connectivity index (χ2v) is 4.91. The zero-order valence-corrected chi connectivity index (χ0v) is 11.8. The van der Waals surface area contributed by atoms with Gasteiger partial charge in [-0.2, -0.15) is 0 Å². The summed E-state index contributed by atoms with van der Waals surface area (Å²) in [6.45, 7) is 0. The van der Waals surface area contributed by atoms with E-state index in [4.69, 9.17) is 27.9 Å². The summed E-state index contributed by atoms with van der Waals surface area (Å²) >= 11 is 11.9. The fourth-order valence-corrected chi connectivity index (χ4v) is 2.19. The molecular weight excluding hydrogens is 283 g/mol. The minimum Gasteiger partial charge on any atom is -0.497 e. The Labute approximate surface area is 121 Å². The molecular formula is C15H12Cl2O2. The SMILES string of the molecule is COc1ccc(C(=O)Cc2ccc(Cl)cc2Cl)cc1. The summed E-state index contributed by atoms with van der Waals surface area (Å²) in [5.41, 5.74) is 1.40. The molecule has 98 valence electrons. The van der Waals surface area contributed by atoms with Crippen LogP contribution in [0.2, 0.25) is 10.0 Å². The first-order valence-electron chi connectivity index (χ1n) is 5.71. The first-order chi connectivity index (χ1) is 9.10. The van der Waals surface area contributed by atoms with E-state index in [2.05, 4.69) is 0 Å². The van der Waals surface area contributed by atoms with Crippen molar-refractivity contribution in [3.63, 3.8) is 0 Å². The number of carbonyl (C=O) groups is 1. The zero-order chi connectivity index (χ0) is 13.8. The van der Waals surface area contributed by atoms with Crippen molar-refractivity contribution in [3.8, 4) is 5.75 Å². The average molecular weight is 295 g/mol. The average Bonchev–Trinajstić information content (AvgIpc) is 2.42. The van der Waals surface area contributed by atoms with E-state index < -0.39 is 0 Å². The Morgan fingerprint density at radius 3 is 2.37 bits per heavy atom. The quantitative estimate of drug-likeness (QED) is 0.780. The Bertz CT molecular complexity index is 592. The van der Waals surface area contributed by atoms with Crippen LogP contribution in [-0.2, 0) is 6.42 Å². The van der Waals surface area contributed by atoms with Crippen LogP contribution in [0.1, 0.15) is 15.9 Å². The molecule has 0 bridgehead atoms. The molecule has 0 spiro atoms. The summed E-state index contributed by atoms with van der Waals surface area (Å²) in [6, 6.07) is 12.1. The zero-order valence-electron chi connectivity index (χ0n) is 10.3. The van der Waals surface area contributed by atoms with Gasteiger partial charge in [0.1, 0.15) is 5.75 Å². The first-order valence-corrected chi connectivity index (χ1v) is 6.47. The topological polar surface area (TPSA) is 26.3 Å². The minimum absolute atomic E-state index is 0.00637. The number of benzene rings is 2. The van der Waals surface area contributed by atoms with E-state index in [0.29, 0.717) is 15.6 Å². The van der Waals surface area contributed by atoms with E-state index in [1.165, 1.54) is 0 Å². The molecule has 0 saturated carbocycles. The molecule has 0 atom stereocenters. The summed E-state index contributed by atoms with van der Waals surface area (Å²) in [7, 11) is 1.59. The monoisotopic (exact) mass is 294 g/mol. The Morgan fingerprint density at radius 1 is 1.11 bits per heavy atom. The fourth-order valence-electron chi connectivity index (χ4n) is 1.72. The van der Waals surface area contributed by atoms with Crippen molar-refractivity contribution in [2.45, 2.75) is 6.42 Å². The third kappa shape index (κ3) is 3.49. The molecule has 0 aliphatic carbocycles. The van der Waals surface area contributed by atoms with Crippen molar-refractivity contribution in [2.24, 2.45) is 0 Å². The van der Waals surface area contributed by atoms with Crippen LogP contribution in [0.15, 0.2) is 42.5 Å². The van der Waals surface area contributed by atoms with Gasteiger partial charge in [-0.05, 0) is 42.0 Å². The Morgan fingerprint density at radius 2 is 1.79 bits per heavy atom. The number of hydrogen-bond donors (Lipinski definition) is 0. The number of halogens is 2. The number of hydrogen-bond acceptors (Lipinski definition) is 2. The van der Waals surface area contributed by atoms with Gasteiger partial charge >= 0.3 is 0 Å². The van der Waals surface area contributed by atoms with Gasteiger partial charge in [0.15, 0.2) is 5.78 Å². The van der Waals surface area contributed by atoms with Crippen LogP contribution in [0.5, 0.6) is 5.75 Å². The van der Waals surface area contributed by atoms with Crippen LogP contribution in [0, 0.1) is 0 Å². The highest BCUT2D eigenvalue weighted by Gasteiger charge is 2.10. The highest BCUT2D eigenvalue weighted by molar-refractivity contribution is 6.35. The van der Waals surface area contributed by atoms with Crippen LogP contribution in [-0.4, -0.2) is 12.9 Å². The second-order valence-electron chi connectivity index (χ2n) is 4.06. The molecule has 0 radical (unpaired) electrons. The van der Waals surface area contributed by atoms with Crippen molar-refractivity contribution in [1.29, 1.82) is 0 Å². The molecule has 0 amide bonds. The van der Waals surface area contributed by atoms with Gasteiger partial charge in [-0.25, -0.2) is 0 Å². The van der Waals surface area contributed by atoms with Gasteiger partial charge in [-0.3, -0.25) is 4.79 Å². The molecule has 0 N–H and O–H groups in total.